The predicted octanol–water partition coefficient (Wildman–Crippen LogP) is 3.03. The molecule has 2 aromatic carbocycles. The number of hydrogen-bond donors (Lipinski definition) is 2. The van der Waals surface area contributed by atoms with Crippen molar-refractivity contribution in [1.82, 2.24) is 9.88 Å². The molecule has 0 amide bonds. The molecule has 3 aromatic rings. The lowest BCUT2D eigenvalue weighted by Crippen LogP contribution is -2.46. The lowest BCUT2D eigenvalue weighted by atomic mass is 10.00. The maximum atomic E-state index is 10.9. The maximum absolute atomic E-state index is 10.9. The fourth-order valence-corrected chi connectivity index (χ4v) is 3.91. The first-order chi connectivity index (χ1) is 15.1. The van der Waals surface area contributed by atoms with Crippen molar-refractivity contribution in [2.24, 2.45) is 5.73 Å². The Morgan fingerprint density at radius 2 is 1.52 bits per heavy atom. The Bertz CT molecular complexity index is 982. The molecule has 4 rings (SSSR count). The number of carboxylic acids is 1. The summed E-state index contributed by atoms with van der Waals surface area (Å²) < 4.78 is 0. The van der Waals surface area contributed by atoms with Gasteiger partial charge in [-0.1, -0.05) is 54.6 Å². The first kappa shape index (κ1) is 21.0. The Morgan fingerprint density at radius 1 is 0.903 bits per heavy atom. The molecule has 1 unspecified atom stereocenters. The quantitative estimate of drug-likeness (QED) is 0.616. The minimum absolute atomic E-state index is 0.335. The van der Waals surface area contributed by atoms with Crippen molar-refractivity contribution in [3.8, 4) is 11.1 Å². The number of carboxylic acid groups (broad SMARTS) is 1. The molecule has 0 saturated carbocycles. The standard InChI is InChI=1S/C25H28N4O2/c26-23(25(30)31)17-19-4-8-21(9-5-19)22-10-6-20(7-11-22)18-28-13-15-29(16-14-28)24-3-1-2-12-27-24/h1-12,23H,13-18,26H2,(H,30,31). The normalized spacial score (nSPS) is 15.6. The van der Waals surface area contributed by atoms with E-state index in [-0.39, 0.29) is 0 Å². The highest BCUT2D eigenvalue weighted by Gasteiger charge is 2.18. The van der Waals surface area contributed by atoms with Crippen LogP contribution < -0.4 is 10.6 Å². The zero-order chi connectivity index (χ0) is 21.6. The summed E-state index contributed by atoms with van der Waals surface area (Å²) in [6, 6.07) is 21.8. The number of aromatic nitrogens is 1. The molecule has 6 heteroatoms. The fourth-order valence-electron chi connectivity index (χ4n) is 3.91. The molecule has 1 aromatic heterocycles. The van der Waals surface area contributed by atoms with Crippen molar-refractivity contribution < 1.29 is 9.90 Å². The van der Waals surface area contributed by atoms with Crippen LogP contribution in [-0.2, 0) is 17.8 Å². The summed E-state index contributed by atoms with van der Waals surface area (Å²) in [4.78, 5) is 20.2. The molecule has 0 spiro atoms. The van der Waals surface area contributed by atoms with E-state index in [0.29, 0.717) is 6.42 Å². The molecule has 1 saturated heterocycles. The molecule has 3 N–H and O–H groups in total. The van der Waals surface area contributed by atoms with Gasteiger partial charge in [0.05, 0.1) is 0 Å². The molecule has 2 heterocycles. The molecule has 0 radical (unpaired) electrons. The largest absolute Gasteiger partial charge is 0.480 e. The summed E-state index contributed by atoms with van der Waals surface area (Å²) in [5.74, 6) is 0.0836. The molecule has 0 bridgehead atoms. The van der Waals surface area contributed by atoms with Crippen molar-refractivity contribution >= 4 is 11.8 Å². The minimum Gasteiger partial charge on any atom is -0.480 e. The first-order valence-electron chi connectivity index (χ1n) is 10.6. The van der Waals surface area contributed by atoms with Crippen molar-refractivity contribution in [3.63, 3.8) is 0 Å². The summed E-state index contributed by atoms with van der Waals surface area (Å²) in [5, 5.41) is 8.95. The van der Waals surface area contributed by atoms with E-state index in [0.717, 1.165) is 55.2 Å². The van der Waals surface area contributed by atoms with Gasteiger partial charge in [0, 0.05) is 38.9 Å². The third-order valence-corrected chi connectivity index (χ3v) is 5.77. The second kappa shape index (κ2) is 9.73. The third kappa shape index (κ3) is 5.48. The summed E-state index contributed by atoms with van der Waals surface area (Å²) in [6.45, 7) is 4.98. The van der Waals surface area contributed by atoms with Crippen LogP contribution in [0.5, 0.6) is 0 Å². The molecule has 0 aliphatic carbocycles. The molecule has 1 fully saturated rings. The SMILES string of the molecule is NC(Cc1ccc(-c2ccc(CN3CCN(c4ccccn4)CC3)cc2)cc1)C(=O)O. The van der Waals surface area contributed by atoms with Crippen LogP contribution >= 0.6 is 0 Å². The van der Waals surface area contributed by atoms with E-state index >= 15 is 0 Å². The highest BCUT2D eigenvalue weighted by molar-refractivity contribution is 5.73. The zero-order valence-corrected chi connectivity index (χ0v) is 17.5. The Hall–Kier alpha value is -3.22. The molecule has 1 aliphatic heterocycles. The van der Waals surface area contributed by atoms with Gasteiger partial charge in [-0.2, -0.15) is 0 Å². The molecular formula is C25H28N4O2. The maximum Gasteiger partial charge on any atom is 0.320 e. The average Bonchev–Trinajstić information content (AvgIpc) is 2.81. The van der Waals surface area contributed by atoms with Gasteiger partial charge in [-0.15, -0.1) is 0 Å². The Morgan fingerprint density at radius 3 is 2.06 bits per heavy atom. The van der Waals surface area contributed by atoms with Crippen molar-refractivity contribution in [2.45, 2.75) is 19.0 Å². The number of pyridine rings is 1. The van der Waals surface area contributed by atoms with E-state index in [9.17, 15) is 4.79 Å². The molecular weight excluding hydrogens is 388 g/mol. The van der Waals surface area contributed by atoms with Crippen LogP contribution in [-0.4, -0.2) is 53.2 Å². The van der Waals surface area contributed by atoms with Crippen LogP contribution in [0.2, 0.25) is 0 Å². The minimum atomic E-state index is -0.974. The highest BCUT2D eigenvalue weighted by Crippen LogP contribution is 2.22. The number of carbonyl (C=O) groups is 1. The van der Waals surface area contributed by atoms with E-state index in [1.807, 2.05) is 42.6 Å². The van der Waals surface area contributed by atoms with Gasteiger partial charge in [-0.05, 0) is 40.8 Å². The number of piperazine rings is 1. The van der Waals surface area contributed by atoms with Gasteiger partial charge in [0.25, 0.3) is 0 Å². The van der Waals surface area contributed by atoms with Crippen LogP contribution in [0.3, 0.4) is 0 Å². The number of nitrogens with zero attached hydrogens (tertiary/aromatic N) is 3. The number of anilines is 1. The number of hydrogen-bond acceptors (Lipinski definition) is 5. The Labute approximate surface area is 182 Å². The Kier molecular flexibility index (Phi) is 6.60. The van der Waals surface area contributed by atoms with Gasteiger partial charge in [0.2, 0.25) is 0 Å². The lowest BCUT2D eigenvalue weighted by molar-refractivity contribution is -0.138. The molecule has 160 valence electrons. The summed E-state index contributed by atoms with van der Waals surface area (Å²) in [6.07, 6.45) is 2.18. The van der Waals surface area contributed by atoms with Gasteiger partial charge in [0.15, 0.2) is 0 Å². The van der Waals surface area contributed by atoms with Crippen LogP contribution in [0.25, 0.3) is 11.1 Å². The van der Waals surface area contributed by atoms with Crippen LogP contribution in [0.1, 0.15) is 11.1 Å². The molecule has 1 atom stereocenters. The predicted molar refractivity (Wildman–Crippen MR) is 123 cm³/mol. The van der Waals surface area contributed by atoms with Gasteiger partial charge in [-0.3, -0.25) is 9.69 Å². The van der Waals surface area contributed by atoms with Gasteiger partial charge < -0.3 is 15.7 Å². The third-order valence-electron chi connectivity index (χ3n) is 5.77. The zero-order valence-electron chi connectivity index (χ0n) is 17.5. The van der Waals surface area contributed by atoms with Gasteiger partial charge >= 0.3 is 5.97 Å². The average molecular weight is 417 g/mol. The smallest absolute Gasteiger partial charge is 0.320 e. The molecule has 6 nitrogen and oxygen atoms in total. The first-order valence-corrected chi connectivity index (χ1v) is 10.6. The van der Waals surface area contributed by atoms with E-state index in [2.05, 4.69) is 45.1 Å². The Balaban J connectivity index is 1.31. The number of rotatable bonds is 7. The lowest BCUT2D eigenvalue weighted by Gasteiger charge is -2.35. The van der Waals surface area contributed by atoms with Crippen molar-refractivity contribution in [1.29, 1.82) is 0 Å². The second-order valence-electron chi connectivity index (χ2n) is 7.99. The summed E-state index contributed by atoms with van der Waals surface area (Å²) in [5.41, 5.74) is 10.1. The van der Waals surface area contributed by atoms with Gasteiger partial charge in [0.1, 0.15) is 11.9 Å². The van der Waals surface area contributed by atoms with Gasteiger partial charge in [-0.25, -0.2) is 4.98 Å². The van der Waals surface area contributed by atoms with E-state index in [1.54, 1.807) is 0 Å². The van der Waals surface area contributed by atoms with E-state index in [4.69, 9.17) is 10.8 Å². The van der Waals surface area contributed by atoms with Crippen molar-refractivity contribution in [2.75, 3.05) is 31.1 Å². The number of benzene rings is 2. The van der Waals surface area contributed by atoms with E-state index < -0.39 is 12.0 Å². The van der Waals surface area contributed by atoms with E-state index in [1.165, 1.54) is 5.56 Å². The van der Waals surface area contributed by atoms with Crippen LogP contribution in [0, 0.1) is 0 Å². The molecule has 1 aliphatic rings. The summed E-state index contributed by atoms with van der Waals surface area (Å²) >= 11 is 0. The fraction of sp³-hybridized carbons (Fsp3) is 0.280. The summed E-state index contributed by atoms with van der Waals surface area (Å²) in [7, 11) is 0. The topological polar surface area (TPSA) is 82.7 Å². The van der Waals surface area contributed by atoms with Crippen molar-refractivity contribution in [3.05, 3.63) is 84.1 Å². The van der Waals surface area contributed by atoms with Crippen LogP contribution in [0.15, 0.2) is 72.9 Å². The highest BCUT2D eigenvalue weighted by atomic mass is 16.4. The second-order valence-corrected chi connectivity index (χ2v) is 7.99. The monoisotopic (exact) mass is 416 g/mol. The van der Waals surface area contributed by atoms with Crippen LogP contribution in [0.4, 0.5) is 5.82 Å². The number of nitrogens with two attached hydrogens (primary N) is 1. The molecule has 31 heavy (non-hydrogen) atoms. The number of aliphatic carboxylic acids is 1.